The average molecular weight is 303 g/mol. The van der Waals surface area contributed by atoms with Crippen molar-refractivity contribution in [1.82, 2.24) is 9.80 Å². The maximum Gasteiger partial charge on any atom is 0.0329 e. The second-order valence-corrected chi connectivity index (χ2v) is 6.85. The lowest BCUT2D eigenvalue weighted by Crippen LogP contribution is -2.34. The molecular weight excluding hydrogens is 284 g/mol. The Balaban J connectivity index is 1.93. The molecule has 0 radical (unpaired) electrons. The van der Waals surface area contributed by atoms with E-state index in [1.165, 1.54) is 22.4 Å². The first-order chi connectivity index (χ1) is 7.56. The number of halogens is 1. The van der Waals surface area contributed by atoms with E-state index >= 15 is 0 Å². The Morgan fingerprint density at radius 3 is 2.75 bits per heavy atom. The fourth-order valence-corrected chi connectivity index (χ4v) is 4.00. The highest BCUT2D eigenvalue weighted by molar-refractivity contribution is 9.10. The van der Waals surface area contributed by atoms with Gasteiger partial charge in [-0.25, -0.2) is 0 Å². The second-order valence-electron chi connectivity index (χ2n) is 4.93. The van der Waals surface area contributed by atoms with Crippen LogP contribution in [0.4, 0.5) is 0 Å². The molecule has 1 aromatic heterocycles. The van der Waals surface area contributed by atoms with Gasteiger partial charge >= 0.3 is 0 Å². The molecule has 1 aromatic rings. The van der Waals surface area contributed by atoms with Crippen molar-refractivity contribution in [2.24, 2.45) is 5.92 Å². The lowest BCUT2D eigenvalue weighted by atomic mass is 10.1. The molecule has 1 fully saturated rings. The van der Waals surface area contributed by atoms with Crippen LogP contribution in [0.1, 0.15) is 11.8 Å². The predicted octanol–water partition coefficient (Wildman–Crippen LogP) is 2.89. The molecule has 2 atom stereocenters. The van der Waals surface area contributed by atoms with Crippen LogP contribution in [0.2, 0.25) is 0 Å². The third-order valence-electron chi connectivity index (χ3n) is 3.31. The van der Waals surface area contributed by atoms with E-state index in [9.17, 15) is 0 Å². The third-order valence-corrected chi connectivity index (χ3v) is 5.00. The Hall–Kier alpha value is 0.1000. The zero-order chi connectivity index (χ0) is 11.7. The van der Waals surface area contributed by atoms with Gasteiger partial charge in [0.05, 0.1) is 0 Å². The van der Waals surface area contributed by atoms with Gasteiger partial charge in [-0.05, 0) is 42.0 Å². The second kappa shape index (κ2) is 5.17. The minimum atomic E-state index is 0.711. The van der Waals surface area contributed by atoms with Gasteiger partial charge in [0.15, 0.2) is 0 Å². The van der Waals surface area contributed by atoms with Gasteiger partial charge in [-0.3, -0.25) is 4.90 Å². The monoisotopic (exact) mass is 302 g/mol. The zero-order valence-corrected chi connectivity index (χ0v) is 12.5. The number of thiophene rings is 1. The summed E-state index contributed by atoms with van der Waals surface area (Å²) >= 11 is 5.36. The third kappa shape index (κ3) is 2.86. The van der Waals surface area contributed by atoms with Gasteiger partial charge in [-0.2, -0.15) is 0 Å². The SMILES string of the molecule is CC1CN(Cc2cc(Br)cs2)CC1N(C)C. The van der Waals surface area contributed by atoms with Crippen LogP contribution >= 0.6 is 27.3 Å². The summed E-state index contributed by atoms with van der Waals surface area (Å²) in [6.45, 7) is 5.88. The van der Waals surface area contributed by atoms with E-state index in [0.717, 1.165) is 12.5 Å². The van der Waals surface area contributed by atoms with Gasteiger partial charge in [-0.15, -0.1) is 11.3 Å². The molecule has 2 rings (SSSR count). The van der Waals surface area contributed by atoms with E-state index in [1.807, 2.05) is 11.3 Å². The van der Waals surface area contributed by atoms with Crippen LogP contribution in [0, 0.1) is 5.92 Å². The largest absolute Gasteiger partial charge is 0.305 e. The Bertz CT molecular complexity index is 351. The first-order valence-corrected chi connectivity index (χ1v) is 7.35. The topological polar surface area (TPSA) is 6.48 Å². The molecule has 0 aromatic carbocycles. The summed E-state index contributed by atoms with van der Waals surface area (Å²) in [5.41, 5.74) is 0. The van der Waals surface area contributed by atoms with Crippen molar-refractivity contribution in [3.05, 3.63) is 20.8 Å². The van der Waals surface area contributed by atoms with Gasteiger partial charge in [-0.1, -0.05) is 6.92 Å². The fourth-order valence-electron chi connectivity index (χ4n) is 2.51. The number of rotatable bonds is 3. The summed E-state index contributed by atoms with van der Waals surface area (Å²) < 4.78 is 1.21. The summed E-state index contributed by atoms with van der Waals surface area (Å²) in [6, 6.07) is 2.95. The predicted molar refractivity (Wildman–Crippen MR) is 73.9 cm³/mol. The number of nitrogens with zero attached hydrogens (tertiary/aromatic N) is 2. The maximum atomic E-state index is 3.51. The first kappa shape index (κ1) is 12.6. The van der Waals surface area contributed by atoms with Crippen LogP contribution < -0.4 is 0 Å². The van der Waals surface area contributed by atoms with Gasteiger partial charge < -0.3 is 4.90 Å². The summed E-state index contributed by atoms with van der Waals surface area (Å²) in [5.74, 6) is 0.776. The summed E-state index contributed by atoms with van der Waals surface area (Å²) in [6.07, 6.45) is 0. The maximum absolute atomic E-state index is 3.51. The van der Waals surface area contributed by atoms with Crippen molar-refractivity contribution in [3.63, 3.8) is 0 Å². The van der Waals surface area contributed by atoms with Crippen molar-refractivity contribution in [2.75, 3.05) is 27.2 Å². The quantitative estimate of drug-likeness (QED) is 0.847. The van der Waals surface area contributed by atoms with E-state index in [4.69, 9.17) is 0 Å². The lowest BCUT2D eigenvalue weighted by Gasteiger charge is -2.22. The molecule has 2 heterocycles. The van der Waals surface area contributed by atoms with Crippen molar-refractivity contribution >= 4 is 27.3 Å². The fraction of sp³-hybridized carbons (Fsp3) is 0.667. The van der Waals surface area contributed by atoms with E-state index in [2.05, 4.69) is 58.2 Å². The molecular formula is C12H19BrN2S. The Morgan fingerprint density at radius 1 is 1.50 bits per heavy atom. The lowest BCUT2D eigenvalue weighted by molar-refractivity contribution is 0.251. The van der Waals surface area contributed by atoms with Gasteiger partial charge in [0, 0.05) is 40.4 Å². The van der Waals surface area contributed by atoms with E-state index in [1.54, 1.807) is 0 Å². The molecule has 16 heavy (non-hydrogen) atoms. The van der Waals surface area contributed by atoms with Crippen LogP contribution in [-0.4, -0.2) is 43.0 Å². The molecule has 0 saturated carbocycles. The van der Waals surface area contributed by atoms with Crippen molar-refractivity contribution < 1.29 is 0 Å². The van der Waals surface area contributed by atoms with Crippen LogP contribution in [0.15, 0.2) is 15.9 Å². The van der Waals surface area contributed by atoms with Crippen LogP contribution in [-0.2, 0) is 6.54 Å². The Labute approximate surface area is 110 Å². The molecule has 1 aliphatic rings. The minimum absolute atomic E-state index is 0.711. The molecule has 0 spiro atoms. The molecule has 1 aliphatic heterocycles. The highest BCUT2D eigenvalue weighted by Crippen LogP contribution is 2.25. The van der Waals surface area contributed by atoms with Gasteiger partial charge in [0.2, 0.25) is 0 Å². The Morgan fingerprint density at radius 2 is 2.25 bits per heavy atom. The molecule has 0 amide bonds. The zero-order valence-electron chi connectivity index (χ0n) is 10.1. The van der Waals surface area contributed by atoms with Gasteiger partial charge in [0.25, 0.3) is 0 Å². The van der Waals surface area contributed by atoms with Crippen LogP contribution in [0.3, 0.4) is 0 Å². The minimum Gasteiger partial charge on any atom is -0.305 e. The highest BCUT2D eigenvalue weighted by atomic mass is 79.9. The van der Waals surface area contributed by atoms with Crippen LogP contribution in [0.5, 0.6) is 0 Å². The number of likely N-dealkylation sites (N-methyl/N-ethyl adjacent to an activating group) is 1. The van der Waals surface area contributed by atoms with E-state index in [0.29, 0.717) is 6.04 Å². The molecule has 1 saturated heterocycles. The highest BCUT2D eigenvalue weighted by Gasteiger charge is 2.30. The summed E-state index contributed by atoms with van der Waals surface area (Å²) in [5, 5.41) is 2.16. The molecule has 2 unspecified atom stereocenters. The number of hydrogen-bond acceptors (Lipinski definition) is 3. The van der Waals surface area contributed by atoms with Gasteiger partial charge in [0.1, 0.15) is 0 Å². The number of likely N-dealkylation sites (tertiary alicyclic amines) is 1. The van der Waals surface area contributed by atoms with E-state index in [-0.39, 0.29) is 0 Å². The summed E-state index contributed by atoms with van der Waals surface area (Å²) in [7, 11) is 4.37. The molecule has 0 bridgehead atoms. The van der Waals surface area contributed by atoms with Crippen molar-refractivity contribution in [3.8, 4) is 0 Å². The molecule has 2 nitrogen and oxygen atoms in total. The molecule has 4 heteroatoms. The molecule has 0 aliphatic carbocycles. The standard InChI is InChI=1S/C12H19BrN2S/c1-9-5-15(7-12(9)14(2)3)6-11-4-10(13)8-16-11/h4,8-9,12H,5-7H2,1-3H3. The molecule has 0 N–H and O–H groups in total. The summed E-state index contributed by atoms with van der Waals surface area (Å²) in [4.78, 5) is 6.38. The smallest absolute Gasteiger partial charge is 0.0329 e. The number of hydrogen-bond donors (Lipinski definition) is 0. The average Bonchev–Trinajstić information content (AvgIpc) is 2.73. The van der Waals surface area contributed by atoms with E-state index < -0.39 is 0 Å². The van der Waals surface area contributed by atoms with Crippen LogP contribution in [0.25, 0.3) is 0 Å². The molecule has 90 valence electrons. The van der Waals surface area contributed by atoms with Crippen molar-refractivity contribution in [2.45, 2.75) is 19.5 Å². The normalized spacial score (nSPS) is 26.8. The Kier molecular flexibility index (Phi) is 4.06. The first-order valence-electron chi connectivity index (χ1n) is 5.68. The van der Waals surface area contributed by atoms with Crippen molar-refractivity contribution in [1.29, 1.82) is 0 Å².